The van der Waals surface area contributed by atoms with Crippen LogP contribution in [0.4, 0.5) is 0 Å². The summed E-state index contributed by atoms with van der Waals surface area (Å²) >= 11 is 0. The van der Waals surface area contributed by atoms with Crippen molar-refractivity contribution in [3.05, 3.63) is 25.0 Å². The van der Waals surface area contributed by atoms with E-state index in [2.05, 4.69) is 21.5 Å². The summed E-state index contributed by atoms with van der Waals surface area (Å²) in [7, 11) is 2.76. The molecule has 0 saturated carbocycles. The maximum Gasteiger partial charge on any atom is 0.340 e. The molecule has 0 amide bonds. The lowest BCUT2D eigenvalue weighted by Gasteiger charge is -1.77. The van der Waals surface area contributed by atoms with Gasteiger partial charge < -0.3 is 4.43 Å². The number of hydrogen-bond acceptors (Lipinski definition) is 1. The first-order chi connectivity index (χ1) is 2.91. The van der Waals surface area contributed by atoms with Gasteiger partial charge in [0.15, 0.2) is 0 Å². The van der Waals surface area contributed by atoms with Gasteiger partial charge in [0.1, 0.15) is 0 Å². The van der Waals surface area contributed by atoms with E-state index in [0.29, 0.717) is 0 Å². The standard InChI is InChI=1S/C4H5OSi/c1-2-3-4-5-6/h2-4H,1H2. The minimum Gasteiger partial charge on any atom is -0.546 e. The van der Waals surface area contributed by atoms with Crippen LogP contribution in [0, 0.1) is 0 Å². The zero-order valence-electron chi connectivity index (χ0n) is 3.35. The highest BCUT2D eigenvalue weighted by Gasteiger charge is 1.53. The van der Waals surface area contributed by atoms with Crippen LogP contribution in [0.5, 0.6) is 0 Å². The molecule has 0 aliphatic heterocycles. The summed E-state index contributed by atoms with van der Waals surface area (Å²) in [6.45, 7) is 3.41. The van der Waals surface area contributed by atoms with Gasteiger partial charge in [0.2, 0.25) is 0 Å². The van der Waals surface area contributed by atoms with Crippen LogP contribution in [0.3, 0.4) is 0 Å². The third-order valence-corrected chi connectivity index (χ3v) is 0.419. The highest BCUT2D eigenvalue weighted by Crippen LogP contribution is 1.68. The van der Waals surface area contributed by atoms with E-state index in [1.54, 1.807) is 12.2 Å². The summed E-state index contributed by atoms with van der Waals surface area (Å²) in [5, 5.41) is 0. The molecule has 0 atom stereocenters. The molecule has 0 bridgehead atoms. The van der Waals surface area contributed by atoms with E-state index < -0.39 is 0 Å². The minimum atomic E-state index is 1.48. The number of allylic oxidation sites excluding steroid dienone is 2. The fourth-order valence-corrected chi connectivity index (χ4v) is 0.173. The lowest BCUT2D eigenvalue weighted by molar-refractivity contribution is 0.535. The predicted molar refractivity (Wildman–Crippen MR) is 26.2 cm³/mol. The van der Waals surface area contributed by atoms with Crippen LogP contribution in [0.2, 0.25) is 0 Å². The minimum absolute atomic E-state index is 1.48. The van der Waals surface area contributed by atoms with Crippen molar-refractivity contribution in [1.82, 2.24) is 0 Å². The van der Waals surface area contributed by atoms with Gasteiger partial charge >= 0.3 is 10.5 Å². The second kappa shape index (κ2) is 4.50. The van der Waals surface area contributed by atoms with E-state index in [4.69, 9.17) is 0 Å². The molecule has 0 N–H and O–H groups in total. The predicted octanol–water partition coefficient (Wildman–Crippen LogP) is 0.786. The monoisotopic (exact) mass is 97.0 g/mol. The van der Waals surface area contributed by atoms with Gasteiger partial charge in [-0.25, -0.2) is 0 Å². The van der Waals surface area contributed by atoms with E-state index in [1.807, 2.05) is 0 Å². The van der Waals surface area contributed by atoms with Gasteiger partial charge in [0.25, 0.3) is 0 Å². The van der Waals surface area contributed by atoms with Gasteiger partial charge in [0.05, 0.1) is 6.26 Å². The van der Waals surface area contributed by atoms with E-state index >= 15 is 0 Å². The van der Waals surface area contributed by atoms with Crippen molar-refractivity contribution in [2.24, 2.45) is 0 Å². The second-order valence-corrected chi connectivity index (χ2v) is 0.918. The summed E-state index contributed by atoms with van der Waals surface area (Å²) in [5.74, 6) is 0. The highest BCUT2D eigenvalue weighted by atomic mass is 28.2. The fourth-order valence-electron chi connectivity index (χ4n) is 0.0948. The molecule has 31 valence electrons. The molecule has 2 heteroatoms. The summed E-state index contributed by atoms with van der Waals surface area (Å²) in [6, 6.07) is 0. The van der Waals surface area contributed by atoms with Crippen LogP contribution in [0.15, 0.2) is 25.0 Å². The van der Waals surface area contributed by atoms with Crippen LogP contribution >= 0.6 is 0 Å². The molecular weight excluding hydrogens is 92.1 g/mol. The molecule has 0 heterocycles. The summed E-state index contributed by atoms with van der Waals surface area (Å²) < 4.78 is 4.34. The van der Waals surface area contributed by atoms with Gasteiger partial charge in [-0.1, -0.05) is 12.7 Å². The summed E-state index contributed by atoms with van der Waals surface area (Å²) in [6.07, 6.45) is 4.77. The van der Waals surface area contributed by atoms with E-state index in [9.17, 15) is 0 Å². The van der Waals surface area contributed by atoms with Gasteiger partial charge in [0, 0.05) is 0 Å². The molecule has 1 nitrogen and oxygen atoms in total. The molecule has 0 aromatic heterocycles. The van der Waals surface area contributed by atoms with Gasteiger partial charge in [-0.3, -0.25) is 0 Å². The van der Waals surface area contributed by atoms with Crippen molar-refractivity contribution in [3.8, 4) is 0 Å². The van der Waals surface area contributed by atoms with Crippen molar-refractivity contribution in [1.29, 1.82) is 0 Å². The molecule has 0 unspecified atom stereocenters. The Labute approximate surface area is 40.9 Å². The Morgan fingerprint density at radius 2 is 2.33 bits per heavy atom. The maximum absolute atomic E-state index is 4.34. The van der Waals surface area contributed by atoms with Crippen LogP contribution in [0.25, 0.3) is 0 Å². The first-order valence-electron chi connectivity index (χ1n) is 1.51. The van der Waals surface area contributed by atoms with Gasteiger partial charge in [-0.15, -0.1) is 0 Å². The zero-order valence-corrected chi connectivity index (χ0v) is 4.35. The molecule has 0 spiro atoms. The zero-order chi connectivity index (χ0) is 4.83. The van der Waals surface area contributed by atoms with E-state index in [1.165, 1.54) is 6.26 Å². The maximum atomic E-state index is 4.34. The highest BCUT2D eigenvalue weighted by molar-refractivity contribution is 5.98. The van der Waals surface area contributed by atoms with Gasteiger partial charge in [-0.05, 0) is 6.08 Å². The van der Waals surface area contributed by atoms with Crippen molar-refractivity contribution < 1.29 is 4.43 Å². The summed E-state index contributed by atoms with van der Waals surface area (Å²) in [5.41, 5.74) is 0. The van der Waals surface area contributed by atoms with Crippen molar-refractivity contribution in [2.75, 3.05) is 0 Å². The largest absolute Gasteiger partial charge is 0.546 e. The van der Waals surface area contributed by atoms with E-state index in [-0.39, 0.29) is 0 Å². The van der Waals surface area contributed by atoms with Crippen LogP contribution < -0.4 is 0 Å². The lowest BCUT2D eigenvalue weighted by Crippen LogP contribution is -1.62. The molecule has 0 aliphatic rings. The first-order valence-corrected chi connectivity index (χ1v) is 1.92. The van der Waals surface area contributed by atoms with E-state index in [0.717, 1.165) is 0 Å². The number of hydrogen-bond donors (Lipinski definition) is 0. The van der Waals surface area contributed by atoms with Crippen molar-refractivity contribution in [2.45, 2.75) is 0 Å². The molecular formula is C4H5OSi. The molecule has 6 heavy (non-hydrogen) atoms. The third-order valence-electron chi connectivity index (χ3n) is 0.283. The average molecular weight is 97.2 g/mol. The Bertz CT molecular complexity index is 58.6. The summed E-state index contributed by atoms with van der Waals surface area (Å²) in [4.78, 5) is 0. The Hall–Kier alpha value is -0.503. The van der Waals surface area contributed by atoms with Crippen molar-refractivity contribution >= 4 is 10.5 Å². The third kappa shape index (κ3) is 3.50. The Balaban J connectivity index is 2.94. The molecule has 0 aromatic carbocycles. The molecule has 3 radical (unpaired) electrons. The van der Waals surface area contributed by atoms with Crippen molar-refractivity contribution in [3.63, 3.8) is 0 Å². The van der Waals surface area contributed by atoms with Crippen LogP contribution in [0.1, 0.15) is 0 Å². The molecule has 0 fully saturated rings. The molecule has 0 aliphatic carbocycles. The topological polar surface area (TPSA) is 9.23 Å². The van der Waals surface area contributed by atoms with Crippen LogP contribution in [-0.4, -0.2) is 10.5 Å². The average Bonchev–Trinajstić information content (AvgIpc) is 1.61. The Morgan fingerprint density at radius 1 is 1.67 bits per heavy atom. The normalized spacial score (nSPS) is 8.83. The Morgan fingerprint density at radius 3 is 2.50 bits per heavy atom. The van der Waals surface area contributed by atoms with Gasteiger partial charge in [-0.2, -0.15) is 0 Å². The number of rotatable bonds is 2. The quantitative estimate of drug-likeness (QED) is 0.281. The molecule has 0 aromatic rings. The Kier molecular flexibility index (Phi) is 4.12. The molecule has 0 rings (SSSR count). The SMILES string of the molecule is C=CC=CO[Si]. The second-order valence-electron chi connectivity index (χ2n) is 0.682. The molecule has 0 saturated heterocycles. The smallest absolute Gasteiger partial charge is 0.340 e. The first kappa shape index (κ1) is 5.50. The lowest BCUT2D eigenvalue weighted by atomic mass is 10.6. The fraction of sp³-hybridized carbons (Fsp3) is 0. The van der Waals surface area contributed by atoms with Crippen LogP contribution in [-0.2, 0) is 4.43 Å².